The molecule has 0 saturated carbocycles. The van der Waals surface area contributed by atoms with Crippen molar-refractivity contribution >= 4 is 22.1 Å². The molecule has 0 unspecified atom stereocenters. The van der Waals surface area contributed by atoms with E-state index in [1.807, 2.05) is 36.7 Å². The Kier molecular flexibility index (Phi) is 11.0. The second-order valence-electron chi connectivity index (χ2n) is 13.0. The zero-order valence-corrected chi connectivity index (χ0v) is 31.9. The van der Waals surface area contributed by atoms with Gasteiger partial charge in [0.25, 0.3) is 0 Å². The minimum Gasteiger partial charge on any atom is -0.486 e. The molecule has 4 aromatic carbocycles. The fourth-order valence-electron chi connectivity index (χ4n) is 6.17. The molecule has 8 aromatic rings. The van der Waals surface area contributed by atoms with Crippen LogP contribution in [0, 0.1) is 46.8 Å². The molecule has 0 bridgehead atoms. The van der Waals surface area contributed by atoms with E-state index in [2.05, 4.69) is 142 Å². The maximum Gasteiger partial charge on any atom is 0.216 e. The van der Waals surface area contributed by atoms with Crippen LogP contribution >= 0.6 is 0 Å². The SMILES string of the molecule is Cc1c[c-]c(-c2cc(-c3ccccc3C)c(C)cn2)cc1.Cc1cnc(-c2[c-]ccc3c2oc2nc(CCc4ccccc4)ccc23)cc1C.[Ir]. The molecule has 0 atom stereocenters. The largest absolute Gasteiger partial charge is 0.486 e. The number of furan rings is 1. The van der Waals surface area contributed by atoms with E-state index in [9.17, 15) is 0 Å². The number of pyridine rings is 3. The molecule has 0 spiro atoms. The number of hydrogen-bond donors (Lipinski definition) is 0. The zero-order valence-electron chi connectivity index (χ0n) is 29.5. The van der Waals surface area contributed by atoms with E-state index < -0.39 is 0 Å². The summed E-state index contributed by atoms with van der Waals surface area (Å²) in [5.74, 6) is 0. The Labute approximate surface area is 314 Å². The Hall–Kier alpha value is -5.22. The molecule has 0 fully saturated rings. The number of aryl methyl sites for hydroxylation is 7. The first-order valence-corrected chi connectivity index (χ1v) is 17.1. The van der Waals surface area contributed by atoms with Crippen molar-refractivity contribution in [2.45, 2.75) is 47.5 Å². The Morgan fingerprint density at radius 1 is 0.608 bits per heavy atom. The molecule has 5 heteroatoms. The minimum atomic E-state index is 0. The summed E-state index contributed by atoms with van der Waals surface area (Å²) < 4.78 is 6.22. The van der Waals surface area contributed by atoms with E-state index in [0.29, 0.717) is 5.71 Å². The maximum atomic E-state index is 6.22. The normalized spacial score (nSPS) is 10.8. The molecule has 0 amide bonds. The summed E-state index contributed by atoms with van der Waals surface area (Å²) in [6.45, 7) is 10.5. The number of aromatic nitrogens is 3. The summed E-state index contributed by atoms with van der Waals surface area (Å²) in [6, 6.07) is 44.2. The van der Waals surface area contributed by atoms with Crippen molar-refractivity contribution in [2.24, 2.45) is 0 Å². The van der Waals surface area contributed by atoms with Gasteiger partial charge in [-0.15, -0.1) is 53.6 Å². The van der Waals surface area contributed by atoms with Gasteiger partial charge in [0.1, 0.15) is 0 Å². The van der Waals surface area contributed by atoms with Crippen molar-refractivity contribution in [1.82, 2.24) is 15.0 Å². The first-order chi connectivity index (χ1) is 24.3. The van der Waals surface area contributed by atoms with E-state index in [-0.39, 0.29) is 20.1 Å². The minimum absolute atomic E-state index is 0. The second-order valence-corrected chi connectivity index (χ2v) is 13.0. The van der Waals surface area contributed by atoms with Crippen LogP contribution < -0.4 is 0 Å². The van der Waals surface area contributed by atoms with Crippen LogP contribution in [0.5, 0.6) is 0 Å². The van der Waals surface area contributed by atoms with Gasteiger partial charge in [-0.2, -0.15) is 0 Å². The topological polar surface area (TPSA) is 51.8 Å². The van der Waals surface area contributed by atoms with Gasteiger partial charge >= 0.3 is 0 Å². The van der Waals surface area contributed by atoms with Gasteiger partial charge in [0.15, 0.2) is 0 Å². The summed E-state index contributed by atoms with van der Waals surface area (Å²) >= 11 is 0. The van der Waals surface area contributed by atoms with Crippen LogP contribution in [0.2, 0.25) is 0 Å². The molecular formula is C46H39IrN3O-2. The van der Waals surface area contributed by atoms with Gasteiger partial charge in [0.05, 0.1) is 5.58 Å². The molecular weight excluding hydrogens is 803 g/mol. The molecule has 0 aliphatic carbocycles. The maximum absolute atomic E-state index is 6.22. The third-order valence-corrected chi connectivity index (χ3v) is 9.28. The summed E-state index contributed by atoms with van der Waals surface area (Å²) in [4.78, 5) is 14.0. The van der Waals surface area contributed by atoms with Crippen LogP contribution in [0.3, 0.4) is 0 Å². The summed E-state index contributed by atoms with van der Waals surface area (Å²) in [5, 5.41) is 2.08. The van der Waals surface area contributed by atoms with E-state index in [4.69, 9.17) is 9.40 Å². The Morgan fingerprint density at radius 3 is 2.14 bits per heavy atom. The van der Waals surface area contributed by atoms with Crippen molar-refractivity contribution in [3.8, 4) is 33.6 Å². The van der Waals surface area contributed by atoms with E-state index in [1.54, 1.807) is 0 Å². The Morgan fingerprint density at radius 2 is 1.37 bits per heavy atom. The molecule has 0 N–H and O–H groups in total. The standard InChI is InChI=1S/C26H21N2O.C20H18N.Ir/c1-17-15-24(27-16-18(17)2)23-10-6-9-21-22-14-13-20(28-26(22)29-25(21)23)12-11-19-7-4-3-5-8-19;1-14-8-10-17(11-9-14)20-12-19(16(3)13-21-20)18-7-5-4-6-15(18)2;/h3-9,13-16H,11-12H2,1-2H3;4-10,12-13H,1-3H3;/q2*-1;. The summed E-state index contributed by atoms with van der Waals surface area (Å²) in [6.07, 6.45) is 5.70. The van der Waals surface area contributed by atoms with Crippen LogP contribution in [0.15, 0.2) is 126 Å². The fraction of sp³-hybridized carbons (Fsp3) is 0.152. The van der Waals surface area contributed by atoms with Crippen molar-refractivity contribution in [3.05, 3.63) is 173 Å². The van der Waals surface area contributed by atoms with Crippen LogP contribution in [0.1, 0.15) is 39.1 Å². The molecule has 4 aromatic heterocycles. The van der Waals surface area contributed by atoms with E-state index in [0.717, 1.165) is 57.4 Å². The molecule has 8 rings (SSSR count). The first kappa shape index (κ1) is 35.6. The van der Waals surface area contributed by atoms with Gasteiger partial charge in [0.2, 0.25) is 5.71 Å². The fourth-order valence-corrected chi connectivity index (χ4v) is 6.17. The smallest absolute Gasteiger partial charge is 0.216 e. The molecule has 4 nitrogen and oxygen atoms in total. The van der Waals surface area contributed by atoms with Gasteiger partial charge in [-0.05, 0) is 97.4 Å². The molecule has 51 heavy (non-hydrogen) atoms. The number of nitrogens with zero attached hydrogens (tertiary/aromatic N) is 3. The number of hydrogen-bond acceptors (Lipinski definition) is 4. The molecule has 4 heterocycles. The molecule has 1 radical (unpaired) electrons. The van der Waals surface area contributed by atoms with Crippen LogP contribution in [-0.4, -0.2) is 15.0 Å². The van der Waals surface area contributed by atoms with Gasteiger partial charge < -0.3 is 14.4 Å². The van der Waals surface area contributed by atoms with Crippen molar-refractivity contribution in [3.63, 3.8) is 0 Å². The Balaban J connectivity index is 0.000000181. The third-order valence-electron chi connectivity index (χ3n) is 9.28. The van der Waals surface area contributed by atoms with Crippen LogP contribution in [0.4, 0.5) is 0 Å². The zero-order chi connectivity index (χ0) is 34.6. The average molecular weight is 842 g/mol. The van der Waals surface area contributed by atoms with Gasteiger partial charge in [0, 0.05) is 43.6 Å². The molecule has 0 aliphatic heterocycles. The molecule has 0 saturated heterocycles. The quantitative estimate of drug-likeness (QED) is 0.157. The van der Waals surface area contributed by atoms with Crippen LogP contribution in [-0.2, 0) is 32.9 Å². The van der Waals surface area contributed by atoms with Gasteiger partial charge in [-0.1, -0.05) is 90.2 Å². The first-order valence-electron chi connectivity index (χ1n) is 17.1. The summed E-state index contributed by atoms with van der Waals surface area (Å²) in [5.41, 5.74) is 16.2. The monoisotopic (exact) mass is 842 g/mol. The number of rotatable bonds is 6. The van der Waals surface area contributed by atoms with Crippen molar-refractivity contribution < 1.29 is 24.5 Å². The second kappa shape index (κ2) is 15.8. The van der Waals surface area contributed by atoms with Gasteiger partial charge in [-0.3, -0.25) is 0 Å². The summed E-state index contributed by atoms with van der Waals surface area (Å²) in [7, 11) is 0. The Bertz CT molecular complexity index is 2430. The molecule has 255 valence electrons. The van der Waals surface area contributed by atoms with Crippen molar-refractivity contribution in [1.29, 1.82) is 0 Å². The van der Waals surface area contributed by atoms with E-state index in [1.165, 1.54) is 44.5 Å². The number of benzene rings is 4. The number of fused-ring (bicyclic) bond motifs is 3. The average Bonchev–Trinajstić information content (AvgIpc) is 3.52. The van der Waals surface area contributed by atoms with E-state index >= 15 is 0 Å². The van der Waals surface area contributed by atoms with Gasteiger partial charge in [-0.25, -0.2) is 4.98 Å². The molecule has 0 aliphatic rings. The van der Waals surface area contributed by atoms with Crippen LogP contribution in [0.25, 0.3) is 55.7 Å². The predicted octanol–water partition coefficient (Wildman–Crippen LogP) is 11.4. The third kappa shape index (κ3) is 7.91. The predicted molar refractivity (Wildman–Crippen MR) is 205 cm³/mol. The van der Waals surface area contributed by atoms with Crippen molar-refractivity contribution in [2.75, 3.05) is 0 Å².